The first-order chi connectivity index (χ1) is 12.0. The van der Waals surface area contributed by atoms with Crippen LogP contribution in [0.5, 0.6) is 0 Å². The van der Waals surface area contributed by atoms with E-state index >= 15 is 0 Å². The quantitative estimate of drug-likeness (QED) is 0.570. The highest BCUT2D eigenvalue weighted by Gasteiger charge is 2.21. The van der Waals surface area contributed by atoms with E-state index in [-0.39, 0.29) is 23.5 Å². The summed E-state index contributed by atoms with van der Waals surface area (Å²) < 4.78 is 10.9. The lowest BCUT2D eigenvalue weighted by molar-refractivity contribution is -0.142. The van der Waals surface area contributed by atoms with Gasteiger partial charge in [0.2, 0.25) is 5.91 Å². The van der Waals surface area contributed by atoms with E-state index in [4.69, 9.17) is 21.7 Å². The first kappa shape index (κ1) is 20.1. The van der Waals surface area contributed by atoms with Gasteiger partial charge in [0.1, 0.15) is 4.32 Å². The lowest BCUT2D eigenvalue weighted by atomic mass is 10.3. The van der Waals surface area contributed by atoms with E-state index in [1.165, 1.54) is 23.1 Å². The van der Waals surface area contributed by atoms with Gasteiger partial charge in [-0.1, -0.05) is 24.0 Å². The number of rotatable bonds is 6. The zero-order chi connectivity index (χ0) is 18.2. The molecule has 1 aliphatic heterocycles. The number of thiazole rings is 1. The average Bonchev–Trinajstić information content (AvgIpc) is 3.02. The zero-order valence-corrected chi connectivity index (χ0v) is 16.6. The van der Waals surface area contributed by atoms with Crippen LogP contribution in [-0.4, -0.2) is 64.2 Å². The Bertz CT molecular complexity index is 617. The van der Waals surface area contributed by atoms with Crippen LogP contribution in [0.2, 0.25) is 0 Å². The van der Waals surface area contributed by atoms with Crippen LogP contribution in [-0.2, 0) is 25.5 Å². The van der Waals surface area contributed by atoms with Crippen LogP contribution in [0.15, 0.2) is 5.38 Å². The van der Waals surface area contributed by atoms with Gasteiger partial charge in [-0.25, -0.2) is 4.98 Å². The fourth-order valence-electron chi connectivity index (χ4n) is 2.04. The van der Waals surface area contributed by atoms with Gasteiger partial charge < -0.3 is 19.7 Å². The molecule has 1 amide bonds. The predicted molar refractivity (Wildman–Crippen MR) is 103 cm³/mol. The fourth-order valence-corrected chi connectivity index (χ4v) is 4.17. The minimum atomic E-state index is -0.340. The molecule has 1 saturated heterocycles. The third kappa shape index (κ3) is 6.53. The van der Waals surface area contributed by atoms with E-state index in [9.17, 15) is 9.59 Å². The molecule has 0 aromatic carbocycles. The summed E-state index contributed by atoms with van der Waals surface area (Å²) in [6.45, 7) is 6.72. The largest absolute Gasteiger partial charge is 0.466 e. The second-order valence-corrected chi connectivity index (χ2v) is 8.07. The number of amides is 1. The summed E-state index contributed by atoms with van der Waals surface area (Å²) in [5.74, 6) is -0.497. The molecular weight excluding hydrogens is 382 g/mol. The smallest absolute Gasteiger partial charge is 0.311 e. The van der Waals surface area contributed by atoms with Crippen LogP contribution in [0.1, 0.15) is 19.5 Å². The summed E-state index contributed by atoms with van der Waals surface area (Å²) in [6.07, 6.45) is 0.103. The van der Waals surface area contributed by atoms with Crippen LogP contribution in [0.3, 0.4) is 0 Å². The molecule has 1 unspecified atom stereocenters. The molecule has 0 saturated carbocycles. The van der Waals surface area contributed by atoms with Crippen LogP contribution in [0, 0.1) is 0 Å². The van der Waals surface area contributed by atoms with Gasteiger partial charge in [0.05, 0.1) is 37.2 Å². The van der Waals surface area contributed by atoms with Crippen LogP contribution in [0.25, 0.3) is 0 Å². The van der Waals surface area contributed by atoms with Gasteiger partial charge in [-0.15, -0.1) is 11.3 Å². The van der Waals surface area contributed by atoms with Gasteiger partial charge in [0, 0.05) is 18.5 Å². The normalized spacial score (nSPS) is 15.5. The summed E-state index contributed by atoms with van der Waals surface area (Å²) >= 11 is 8.03. The predicted octanol–water partition coefficient (Wildman–Crippen LogP) is 1.93. The molecule has 25 heavy (non-hydrogen) atoms. The Balaban J connectivity index is 1.81. The van der Waals surface area contributed by atoms with E-state index in [2.05, 4.69) is 10.3 Å². The van der Waals surface area contributed by atoms with Crippen molar-refractivity contribution in [2.45, 2.75) is 25.5 Å². The lowest BCUT2D eigenvalue weighted by Crippen LogP contribution is -2.39. The van der Waals surface area contributed by atoms with Crippen molar-refractivity contribution >= 4 is 56.6 Å². The number of nitrogens with one attached hydrogen (secondary N) is 1. The molecule has 1 fully saturated rings. The molecule has 0 bridgehead atoms. The summed E-state index contributed by atoms with van der Waals surface area (Å²) in [6, 6.07) is 0. The Labute approximate surface area is 160 Å². The van der Waals surface area contributed by atoms with Gasteiger partial charge in [0.15, 0.2) is 5.13 Å². The summed E-state index contributed by atoms with van der Waals surface area (Å²) in [7, 11) is 0. The lowest BCUT2D eigenvalue weighted by Gasteiger charge is -2.29. The molecule has 2 rings (SSSR count). The van der Waals surface area contributed by atoms with Gasteiger partial charge in [0.25, 0.3) is 0 Å². The maximum Gasteiger partial charge on any atom is 0.311 e. The van der Waals surface area contributed by atoms with Crippen molar-refractivity contribution < 1.29 is 19.1 Å². The highest BCUT2D eigenvalue weighted by atomic mass is 32.2. The number of morpholine rings is 1. The third-order valence-electron chi connectivity index (χ3n) is 3.33. The summed E-state index contributed by atoms with van der Waals surface area (Å²) in [5.41, 5.74) is 0.586. The van der Waals surface area contributed by atoms with Crippen molar-refractivity contribution in [1.82, 2.24) is 9.88 Å². The summed E-state index contributed by atoms with van der Waals surface area (Å²) in [4.78, 5) is 30.0. The highest BCUT2D eigenvalue weighted by Crippen LogP contribution is 2.21. The Morgan fingerprint density at radius 1 is 1.52 bits per heavy atom. The van der Waals surface area contributed by atoms with E-state index in [0.29, 0.717) is 35.0 Å². The molecular formula is C15H21N3O4S3. The average molecular weight is 404 g/mol. The van der Waals surface area contributed by atoms with Crippen LogP contribution < -0.4 is 5.32 Å². The molecule has 2 heterocycles. The van der Waals surface area contributed by atoms with Crippen molar-refractivity contribution in [1.29, 1.82) is 0 Å². The molecule has 138 valence electrons. The summed E-state index contributed by atoms with van der Waals surface area (Å²) in [5, 5.41) is 4.63. The molecule has 7 nitrogen and oxygen atoms in total. The molecule has 1 N–H and O–H groups in total. The van der Waals surface area contributed by atoms with Crippen molar-refractivity contribution in [2.75, 3.05) is 38.2 Å². The number of carbonyl (C=O) groups excluding carboxylic acids is 2. The van der Waals surface area contributed by atoms with Gasteiger partial charge in [-0.05, 0) is 13.8 Å². The third-order valence-corrected chi connectivity index (χ3v) is 5.71. The number of aromatic nitrogens is 1. The topological polar surface area (TPSA) is 80.8 Å². The molecule has 0 spiro atoms. The van der Waals surface area contributed by atoms with Gasteiger partial charge >= 0.3 is 5.97 Å². The number of ether oxygens (including phenoxy) is 2. The number of anilines is 1. The molecule has 0 radical (unpaired) electrons. The Hall–Kier alpha value is -1.23. The van der Waals surface area contributed by atoms with Crippen LogP contribution in [0.4, 0.5) is 5.13 Å². The van der Waals surface area contributed by atoms with E-state index in [1.54, 1.807) is 19.2 Å². The molecule has 1 aromatic rings. The molecule has 1 aromatic heterocycles. The number of carbonyl (C=O) groups is 2. The standard InChI is InChI=1S/C15H21N3O4S3/c1-3-22-12(19)8-11-9-24-14(16-11)17-13(20)10(2)25-15(23)18-4-6-21-7-5-18/h9-10H,3-8H2,1-2H3,(H,16,17,20). The van der Waals surface area contributed by atoms with Gasteiger partial charge in [-0.2, -0.15) is 0 Å². The Morgan fingerprint density at radius 3 is 2.92 bits per heavy atom. The number of hydrogen-bond donors (Lipinski definition) is 1. The Kier molecular flexibility index (Phi) is 8.07. The number of thioether (sulfide) groups is 1. The van der Waals surface area contributed by atoms with Gasteiger partial charge in [-0.3, -0.25) is 9.59 Å². The van der Waals surface area contributed by atoms with E-state index < -0.39 is 0 Å². The maximum absolute atomic E-state index is 12.3. The monoisotopic (exact) mass is 403 g/mol. The number of nitrogens with zero attached hydrogens (tertiary/aromatic N) is 2. The SMILES string of the molecule is CCOC(=O)Cc1csc(NC(=O)C(C)SC(=S)N2CCOCC2)n1. The maximum atomic E-state index is 12.3. The van der Waals surface area contributed by atoms with Crippen molar-refractivity contribution in [3.8, 4) is 0 Å². The molecule has 1 aliphatic rings. The second kappa shape index (κ2) is 10.0. The van der Waals surface area contributed by atoms with Crippen molar-refractivity contribution in [3.63, 3.8) is 0 Å². The first-order valence-corrected chi connectivity index (χ1v) is 10.1. The first-order valence-electron chi connectivity index (χ1n) is 7.93. The minimum Gasteiger partial charge on any atom is -0.466 e. The van der Waals surface area contributed by atoms with Crippen LogP contribution >= 0.6 is 35.3 Å². The second-order valence-electron chi connectivity index (χ2n) is 5.24. The molecule has 0 aliphatic carbocycles. The molecule has 1 atom stereocenters. The van der Waals surface area contributed by atoms with E-state index in [1.807, 2.05) is 4.90 Å². The Morgan fingerprint density at radius 2 is 2.24 bits per heavy atom. The van der Waals surface area contributed by atoms with Crippen molar-refractivity contribution in [2.24, 2.45) is 0 Å². The minimum absolute atomic E-state index is 0.103. The number of esters is 1. The highest BCUT2D eigenvalue weighted by molar-refractivity contribution is 8.23. The number of thiocarbonyl (C=S) groups is 1. The van der Waals surface area contributed by atoms with Crippen molar-refractivity contribution in [3.05, 3.63) is 11.1 Å². The zero-order valence-electron chi connectivity index (χ0n) is 14.1. The number of hydrogen-bond acceptors (Lipinski definition) is 8. The fraction of sp³-hybridized carbons (Fsp3) is 0.600. The van der Waals surface area contributed by atoms with E-state index in [0.717, 1.165) is 13.1 Å². The molecule has 10 heteroatoms.